The van der Waals surface area contributed by atoms with Gasteiger partial charge in [0, 0.05) is 30.8 Å². The van der Waals surface area contributed by atoms with E-state index in [4.69, 9.17) is 14.5 Å². The Morgan fingerprint density at radius 1 is 1.13 bits per heavy atom. The van der Waals surface area contributed by atoms with Gasteiger partial charge in [0.2, 0.25) is 0 Å². The minimum absolute atomic E-state index is 0.171. The highest BCUT2D eigenvalue weighted by Gasteiger charge is 2.21. The first-order valence-electron chi connectivity index (χ1n) is 9.89. The van der Waals surface area contributed by atoms with E-state index in [-0.39, 0.29) is 5.75 Å². The first-order chi connectivity index (χ1) is 14.7. The molecule has 30 heavy (non-hydrogen) atoms. The Bertz CT molecular complexity index is 1170. The second-order valence-electron chi connectivity index (χ2n) is 7.38. The predicted molar refractivity (Wildman–Crippen MR) is 119 cm³/mol. The van der Waals surface area contributed by atoms with Crippen molar-refractivity contribution in [1.82, 2.24) is 9.88 Å². The summed E-state index contributed by atoms with van der Waals surface area (Å²) in [6, 6.07) is 20.1. The third-order valence-corrected chi connectivity index (χ3v) is 6.36. The highest BCUT2D eigenvalue weighted by molar-refractivity contribution is 7.21. The van der Waals surface area contributed by atoms with E-state index in [2.05, 4.69) is 29.2 Å². The molecule has 0 fully saturated rings. The van der Waals surface area contributed by atoms with Crippen molar-refractivity contribution in [3.05, 3.63) is 71.8 Å². The average molecular weight is 419 g/mol. The Morgan fingerprint density at radius 3 is 2.90 bits per heavy atom. The minimum atomic E-state index is 0.171. The number of hydrogen-bond donors (Lipinski definition) is 1. The Balaban J connectivity index is 1.46. The van der Waals surface area contributed by atoms with Crippen molar-refractivity contribution in [2.45, 2.75) is 13.1 Å². The Hall–Kier alpha value is -3.09. The lowest BCUT2D eigenvalue weighted by Gasteiger charge is -2.20. The highest BCUT2D eigenvalue weighted by atomic mass is 32.1. The van der Waals surface area contributed by atoms with Crippen molar-refractivity contribution in [1.29, 1.82) is 0 Å². The number of fused-ring (bicyclic) bond motifs is 2. The molecule has 1 aliphatic rings. The van der Waals surface area contributed by atoms with Gasteiger partial charge in [0.25, 0.3) is 0 Å². The molecule has 0 unspecified atom stereocenters. The van der Waals surface area contributed by atoms with Crippen molar-refractivity contribution in [3.8, 4) is 27.8 Å². The summed E-state index contributed by atoms with van der Waals surface area (Å²) in [6.07, 6.45) is 0. The maximum atomic E-state index is 10.7. The van der Waals surface area contributed by atoms with Crippen LogP contribution in [-0.4, -0.2) is 35.3 Å². The number of rotatable bonds is 4. The lowest BCUT2D eigenvalue weighted by atomic mass is 10.1. The Morgan fingerprint density at radius 2 is 2.03 bits per heavy atom. The molecule has 6 heteroatoms. The lowest BCUT2D eigenvalue weighted by Crippen LogP contribution is -2.25. The van der Waals surface area contributed by atoms with Gasteiger partial charge in [-0.25, -0.2) is 4.98 Å². The molecule has 1 N–H and O–H groups in total. The molecule has 0 bridgehead atoms. The normalized spacial score (nSPS) is 14.2. The summed E-state index contributed by atoms with van der Waals surface area (Å²) in [4.78, 5) is 7.06. The first kappa shape index (κ1) is 18.9. The summed E-state index contributed by atoms with van der Waals surface area (Å²) in [5.74, 6) is 1.60. The van der Waals surface area contributed by atoms with Crippen LogP contribution in [0.1, 0.15) is 11.1 Å². The van der Waals surface area contributed by atoms with E-state index in [9.17, 15) is 5.11 Å². The number of phenols is 1. The monoisotopic (exact) mass is 418 g/mol. The molecule has 0 aliphatic carbocycles. The van der Waals surface area contributed by atoms with Gasteiger partial charge < -0.3 is 14.6 Å². The minimum Gasteiger partial charge on any atom is -0.504 e. The second-order valence-corrected chi connectivity index (χ2v) is 8.41. The van der Waals surface area contributed by atoms with E-state index in [0.717, 1.165) is 45.2 Å². The van der Waals surface area contributed by atoms with E-state index >= 15 is 0 Å². The second kappa shape index (κ2) is 7.97. The van der Waals surface area contributed by atoms with Gasteiger partial charge in [-0.1, -0.05) is 24.3 Å². The topological polar surface area (TPSA) is 54.8 Å². The fourth-order valence-corrected chi connectivity index (χ4v) is 4.79. The zero-order chi connectivity index (χ0) is 20.5. The van der Waals surface area contributed by atoms with Crippen LogP contribution >= 0.6 is 11.3 Å². The largest absolute Gasteiger partial charge is 0.504 e. The molecule has 0 saturated heterocycles. The molecular weight excluding hydrogens is 396 g/mol. The maximum Gasteiger partial charge on any atom is 0.165 e. The Kier molecular flexibility index (Phi) is 5.02. The molecule has 4 aromatic rings. The molecule has 5 rings (SSSR count). The number of ether oxygens (including phenoxy) is 2. The van der Waals surface area contributed by atoms with Crippen LogP contribution < -0.4 is 9.47 Å². The summed E-state index contributed by atoms with van der Waals surface area (Å²) in [5.41, 5.74) is 4.05. The lowest BCUT2D eigenvalue weighted by molar-refractivity contribution is 0.217. The SMILES string of the molecule is COc1cccc(CN2CCOc3c(O)cc(-c4nc5ccccc5s4)cc3C2)c1. The van der Waals surface area contributed by atoms with Gasteiger partial charge in [0.05, 0.1) is 17.3 Å². The zero-order valence-electron chi connectivity index (χ0n) is 16.7. The van der Waals surface area contributed by atoms with Gasteiger partial charge in [0.1, 0.15) is 17.4 Å². The third kappa shape index (κ3) is 3.72. The summed E-state index contributed by atoms with van der Waals surface area (Å²) in [6.45, 7) is 2.79. The fourth-order valence-electron chi connectivity index (χ4n) is 3.84. The molecule has 0 amide bonds. The number of aromatic nitrogens is 1. The van der Waals surface area contributed by atoms with Crippen molar-refractivity contribution in [2.24, 2.45) is 0 Å². The van der Waals surface area contributed by atoms with Gasteiger partial charge >= 0.3 is 0 Å². The van der Waals surface area contributed by atoms with Crippen molar-refractivity contribution in [3.63, 3.8) is 0 Å². The van der Waals surface area contributed by atoms with Gasteiger partial charge in [0.15, 0.2) is 11.5 Å². The molecule has 0 saturated carbocycles. The van der Waals surface area contributed by atoms with E-state index in [1.165, 1.54) is 5.56 Å². The number of phenolic OH excluding ortho intramolecular Hbond substituents is 1. The molecule has 3 aromatic carbocycles. The van der Waals surface area contributed by atoms with Crippen LogP contribution in [0.25, 0.3) is 20.8 Å². The summed E-state index contributed by atoms with van der Waals surface area (Å²) >= 11 is 1.63. The molecule has 152 valence electrons. The smallest absolute Gasteiger partial charge is 0.165 e. The summed E-state index contributed by atoms with van der Waals surface area (Å²) in [7, 11) is 1.68. The number of hydrogen-bond acceptors (Lipinski definition) is 6. The quantitative estimate of drug-likeness (QED) is 0.501. The zero-order valence-corrected chi connectivity index (χ0v) is 17.5. The van der Waals surface area contributed by atoms with Gasteiger partial charge in [-0.2, -0.15) is 0 Å². The van der Waals surface area contributed by atoms with Gasteiger partial charge in [-0.15, -0.1) is 11.3 Å². The predicted octanol–water partition coefficient (Wildman–Crippen LogP) is 5.07. The molecular formula is C24H22N2O3S. The molecule has 5 nitrogen and oxygen atoms in total. The van der Waals surface area contributed by atoms with Crippen LogP contribution in [0.4, 0.5) is 0 Å². The van der Waals surface area contributed by atoms with Crippen molar-refractivity contribution >= 4 is 21.6 Å². The molecule has 0 spiro atoms. The molecule has 0 radical (unpaired) electrons. The highest BCUT2D eigenvalue weighted by Crippen LogP contribution is 2.39. The van der Waals surface area contributed by atoms with E-state index < -0.39 is 0 Å². The number of nitrogens with zero attached hydrogens (tertiary/aromatic N) is 2. The standard InChI is InChI=1S/C24H22N2O3S/c1-28-19-6-4-5-16(11-19)14-26-9-10-29-23-18(15-26)12-17(13-21(23)27)24-25-20-7-2-3-8-22(20)30-24/h2-8,11-13,27H,9-10,14-15H2,1H3. The van der Waals surface area contributed by atoms with Crippen LogP contribution in [0, 0.1) is 0 Å². The average Bonchev–Trinajstić information content (AvgIpc) is 3.09. The van der Waals surface area contributed by atoms with Crippen molar-refractivity contribution in [2.75, 3.05) is 20.3 Å². The van der Waals surface area contributed by atoms with E-state index in [0.29, 0.717) is 18.9 Å². The molecule has 1 aromatic heterocycles. The van der Waals surface area contributed by atoms with Crippen molar-refractivity contribution < 1.29 is 14.6 Å². The third-order valence-electron chi connectivity index (χ3n) is 5.28. The summed E-state index contributed by atoms with van der Waals surface area (Å²) < 4.78 is 12.4. The summed E-state index contributed by atoms with van der Waals surface area (Å²) in [5, 5.41) is 11.6. The van der Waals surface area contributed by atoms with E-state index in [1.807, 2.05) is 30.3 Å². The number of para-hydroxylation sites is 1. The van der Waals surface area contributed by atoms with E-state index in [1.54, 1.807) is 24.5 Å². The van der Waals surface area contributed by atoms with Gasteiger partial charge in [-0.05, 0) is 42.0 Å². The van der Waals surface area contributed by atoms with Crippen LogP contribution in [0.3, 0.4) is 0 Å². The van der Waals surface area contributed by atoms with Crippen LogP contribution in [0.5, 0.6) is 17.2 Å². The molecule has 0 atom stereocenters. The molecule has 2 heterocycles. The maximum absolute atomic E-state index is 10.7. The number of benzene rings is 3. The Labute approximate surface area is 179 Å². The van der Waals surface area contributed by atoms with Crippen LogP contribution in [0.2, 0.25) is 0 Å². The van der Waals surface area contributed by atoms with Crippen LogP contribution in [0.15, 0.2) is 60.7 Å². The number of methoxy groups -OCH3 is 1. The van der Waals surface area contributed by atoms with Gasteiger partial charge in [-0.3, -0.25) is 4.90 Å². The van der Waals surface area contributed by atoms with Crippen LogP contribution in [-0.2, 0) is 13.1 Å². The fraction of sp³-hybridized carbons (Fsp3) is 0.208. The number of aromatic hydroxyl groups is 1. The molecule has 1 aliphatic heterocycles. The number of thiazole rings is 1. The first-order valence-corrected chi connectivity index (χ1v) is 10.7.